The van der Waals surface area contributed by atoms with Crippen molar-refractivity contribution >= 4 is 29.1 Å². The number of benzene rings is 2. The summed E-state index contributed by atoms with van der Waals surface area (Å²) in [4.78, 5) is 30.5. The van der Waals surface area contributed by atoms with E-state index in [1.54, 1.807) is 12.1 Å². The second-order valence-electron chi connectivity index (χ2n) is 9.56. The molecular weight excluding hydrogens is 434 g/mol. The molecule has 1 heterocycles. The van der Waals surface area contributed by atoms with E-state index in [2.05, 4.69) is 36.2 Å². The molecule has 2 aliphatic rings. The molecule has 6 heteroatoms. The molecule has 1 aliphatic heterocycles. The Morgan fingerprint density at radius 2 is 1.58 bits per heavy atom. The zero-order chi connectivity index (χ0) is 23.4. The highest BCUT2D eigenvalue weighted by Gasteiger charge is 2.37. The van der Waals surface area contributed by atoms with Gasteiger partial charge in [0.05, 0.1) is 16.6 Å². The zero-order valence-electron chi connectivity index (χ0n) is 19.6. The molecule has 2 amide bonds. The lowest BCUT2D eigenvalue weighted by atomic mass is 9.94. The molecule has 1 unspecified atom stereocenters. The van der Waals surface area contributed by atoms with Gasteiger partial charge in [-0.25, -0.2) is 0 Å². The number of carbonyl (C=O) groups excluding carboxylic acids is 2. The summed E-state index contributed by atoms with van der Waals surface area (Å²) in [6.07, 6.45) is 4.54. The molecule has 176 valence electrons. The lowest BCUT2D eigenvalue weighted by Gasteiger charge is -2.40. The molecule has 33 heavy (non-hydrogen) atoms. The van der Waals surface area contributed by atoms with Gasteiger partial charge in [0.2, 0.25) is 5.91 Å². The van der Waals surface area contributed by atoms with E-state index in [0.29, 0.717) is 48.6 Å². The third-order valence-electron chi connectivity index (χ3n) is 7.06. The summed E-state index contributed by atoms with van der Waals surface area (Å²) in [6, 6.07) is 15.2. The van der Waals surface area contributed by atoms with Crippen LogP contribution in [0, 0.1) is 5.92 Å². The average Bonchev–Trinajstić information content (AvgIpc) is 3.34. The van der Waals surface area contributed by atoms with Crippen LogP contribution < -0.4 is 5.32 Å². The van der Waals surface area contributed by atoms with Crippen molar-refractivity contribution < 1.29 is 9.59 Å². The first-order chi connectivity index (χ1) is 15.9. The van der Waals surface area contributed by atoms with Crippen LogP contribution in [-0.4, -0.2) is 53.8 Å². The highest BCUT2D eigenvalue weighted by Crippen LogP contribution is 2.32. The summed E-state index contributed by atoms with van der Waals surface area (Å²) >= 11 is 6.24. The number of hydrogen-bond donors (Lipinski definition) is 1. The van der Waals surface area contributed by atoms with E-state index >= 15 is 0 Å². The molecule has 0 radical (unpaired) electrons. The van der Waals surface area contributed by atoms with Crippen LogP contribution in [0.3, 0.4) is 0 Å². The molecule has 1 atom stereocenters. The van der Waals surface area contributed by atoms with Crippen LogP contribution in [-0.2, 0) is 4.79 Å². The maximum atomic E-state index is 13.4. The molecule has 4 rings (SSSR count). The summed E-state index contributed by atoms with van der Waals surface area (Å²) in [7, 11) is 0. The number of amides is 2. The SMILES string of the molecule is CC(C)c1ccc(NC(=O)C(C2CCCC2)N2CCN(C(=O)c3ccccc3Cl)CC2)cc1. The maximum Gasteiger partial charge on any atom is 0.255 e. The van der Waals surface area contributed by atoms with Crippen LogP contribution in [0.15, 0.2) is 48.5 Å². The van der Waals surface area contributed by atoms with Crippen molar-refractivity contribution in [1.82, 2.24) is 9.80 Å². The van der Waals surface area contributed by atoms with Gasteiger partial charge in [0.25, 0.3) is 5.91 Å². The molecule has 1 saturated carbocycles. The first-order valence-electron chi connectivity index (χ1n) is 12.1. The predicted molar refractivity (Wildman–Crippen MR) is 134 cm³/mol. The molecule has 0 spiro atoms. The third kappa shape index (κ3) is 5.59. The van der Waals surface area contributed by atoms with Gasteiger partial charge in [-0.1, -0.05) is 62.6 Å². The van der Waals surface area contributed by atoms with Gasteiger partial charge in [0.1, 0.15) is 0 Å². The predicted octanol–water partition coefficient (Wildman–Crippen LogP) is 5.42. The minimum absolute atomic E-state index is 0.0349. The highest BCUT2D eigenvalue weighted by molar-refractivity contribution is 6.33. The number of nitrogens with zero attached hydrogens (tertiary/aromatic N) is 2. The Morgan fingerprint density at radius 3 is 2.18 bits per heavy atom. The van der Waals surface area contributed by atoms with Gasteiger partial charge < -0.3 is 10.2 Å². The Bertz CT molecular complexity index is 962. The van der Waals surface area contributed by atoms with Gasteiger partial charge in [0.15, 0.2) is 0 Å². The maximum absolute atomic E-state index is 13.4. The van der Waals surface area contributed by atoms with Crippen LogP contribution in [0.2, 0.25) is 5.02 Å². The molecule has 0 aromatic heterocycles. The molecule has 1 saturated heterocycles. The molecule has 0 bridgehead atoms. The lowest BCUT2D eigenvalue weighted by molar-refractivity contribution is -0.123. The fourth-order valence-electron chi connectivity index (χ4n) is 5.13. The monoisotopic (exact) mass is 467 g/mol. The van der Waals surface area contributed by atoms with Crippen molar-refractivity contribution in [3.05, 3.63) is 64.7 Å². The molecule has 5 nitrogen and oxygen atoms in total. The van der Waals surface area contributed by atoms with Crippen molar-refractivity contribution in [2.75, 3.05) is 31.5 Å². The van der Waals surface area contributed by atoms with E-state index in [9.17, 15) is 9.59 Å². The van der Waals surface area contributed by atoms with Crippen LogP contribution in [0.1, 0.15) is 61.4 Å². The number of carbonyl (C=O) groups is 2. The minimum Gasteiger partial charge on any atom is -0.336 e. The van der Waals surface area contributed by atoms with Gasteiger partial charge in [0, 0.05) is 31.9 Å². The smallest absolute Gasteiger partial charge is 0.255 e. The van der Waals surface area contributed by atoms with Crippen molar-refractivity contribution in [1.29, 1.82) is 0 Å². The molecule has 1 N–H and O–H groups in total. The summed E-state index contributed by atoms with van der Waals surface area (Å²) in [5.41, 5.74) is 2.65. The van der Waals surface area contributed by atoms with E-state index < -0.39 is 0 Å². The van der Waals surface area contributed by atoms with Gasteiger partial charge in [-0.05, 0) is 54.5 Å². The van der Waals surface area contributed by atoms with Crippen LogP contribution in [0.5, 0.6) is 0 Å². The fourth-order valence-corrected chi connectivity index (χ4v) is 5.34. The number of piperazine rings is 1. The molecule has 1 aliphatic carbocycles. The average molecular weight is 468 g/mol. The number of nitrogens with one attached hydrogen (secondary N) is 1. The largest absolute Gasteiger partial charge is 0.336 e. The molecule has 2 aromatic carbocycles. The van der Waals surface area contributed by atoms with Crippen LogP contribution >= 0.6 is 11.6 Å². The van der Waals surface area contributed by atoms with Gasteiger partial charge in [-0.15, -0.1) is 0 Å². The Kier molecular flexibility index (Phi) is 7.71. The van der Waals surface area contributed by atoms with E-state index in [1.165, 1.54) is 18.4 Å². The zero-order valence-corrected chi connectivity index (χ0v) is 20.4. The standard InChI is InChI=1S/C27H34ClN3O2/c1-19(2)20-11-13-22(14-12-20)29-26(32)25(21-7-3-4-8-21)30-15-17-31(18-16-30)27(33)23-9-5-6-10-24(23)28/h5-6,9-14,19,21,25H,3-4,7-8,15-18H2,1-2H3,(H,29,32). The summed E-state index contributed by atoms with van der Waals surface area (Å²) in [5.74, 6) is 0.869. The van der Waals surface area contributed by atoms with Crippen molar-refractivity contribution in [2.45, 2.75) is 51.5 Å². The van der Waals surface area contributed by atoms with Crippen LogP contribution in [0.4, 0.5) is 5.69 Å². The lowest BCUT2D eigenvalue weighted by Crippen LogP contribution is -2.57. The third-order valence-corrected chi connectivity index (χ3v) is 7.39. The van der Waals surface area contributed by atoms with Gasteiger partial charge in [-0.3, -0.25) is 14.5 Å². The first-order valence-corrected chi connectivity index (χ1v) is 12.5. The molecule has 2 aromatic rings. The Hall–Kier alpha value is -2.37. The van der Waals surface area contributed by atoms with E-state index in [1.807, 2.05) is 29.2 Å². The van der Waals surface area contributed by atoms with E-state index in [-0.39, 0.29) is 17.9 Å². The number of hydrogen-bond acceptors (Lipinski definition) is 3. The second-order valence-corrected chi connectivity index (χ2v) is 9.97. The van der Waals surface area contributed by atoms with Gasteiger partial charge in [-0.2, -0.15) is 0 Å². The summed E-state index contributed by atoms with van der Waals surface area (Å²) < 4.78 is 0. The summed E-state index contributed by atoms with van der Waals surface area (Å²) in [5, 5.41) is 3.65. The second kappa shape index (κ2) is 10.7. The first kappa shape index (κ1) is 23.8. The quantitative estimate of drug-likeness (QED) is 0.617. The van der Waals surface area contributed by atoms with Crippen LogP contribution in [0.25, 0.3) is 0 Å². The summed E-state index contributed by atoms with van der Waals surface area (Å²) in [6.45, 7) is 6.92. The Morgan fingerprint density at radius 1 is 0.939 bits per heavy atom. The van der Waals surface area contributed by atoms with Crippen molar-refractivity contribution in [2.24, 2.45) is 5.92 Å². The topological polar surface area (TPSA) is 52.7 Å². The molecule has 2 fully saturated rings. The Balaban J connectivity index is 1.43. The normalized spacial score (nSPS) is 18.5. The number of anilines is 1. The number of halogens is 1. The highest BCUT2D eigenvalue weighted by atomic mass is 35.5. The van der Waals surface area contributed by atoms with E-state index in [4.69, 9.17) is 11.6 Å². The van der Waals surface area contributed by atoms with Gasteiger partial charge >= 0.3 is 0 Å². The molecular formula is C27H34ClN3O2. The van der Waals surface area contributed by atoms with Crippen molar-refractivity contribution in [3.63, 3.8) is 0 Å². The Labute approximate surface area is 202 Å². The minimum atomic E-state index is -0.158. The van der Waals surface area contributed by atoms with Crippen molar-refractivity contribution in [3.8, 4) is 0 Å². The fraction of sp³-hybridized carbons (Fsp3) is 0.481. The number of rotatable bonds is 6. The van der Waals surface area contributed by atoms with E-state index in [0.717, 1.165) is 18.5 Å².